The van der Waals surface area contributed by atoms with E-state index in [2.05, 4.69) is 30.8 Å². The van der Waals surface area contributed by atoms with Crippen LogP contribution in [0, 0.1) is 0 Å². The summed E-state index contributed by atoms with van der Waals surface area (Å²) in [6.07, 6.45) is 4.03. The highest BCUT2D eigenvalue weighted by molar-refractivity contribution is 6.07. The molecule has 2 amide bonds. The second-order valence-corrected chi connectivity index (χ2v) is 6.73. The molecule has 140 valence electrons. The second-order valence-electron chi connectivity index (χ2n) is 6.73. The predicted molar refractivity (Wildman–Crippen MR) is 105 cm³/mol. The van der Waals surface area contributed by atoms with E-state index in [1.165, 1.54) is 6.20 Å². The van der Waals surface area contributed by atoms with Crippen LogP contribution in [0.25, 0.3) is 10.9 Å². The lowest BCUT2D eigenvalue weighted by Gasteiger charge is -2.09. The van der Waals surface area contributed by atoms with Gasteiger partial charge in [-0.05, 0) is 31.2 Å². The van der Waals surface area contributed by atoms with E-state index in [1.807, 2.05) is 31.2 Å². The lowest BCUT2D eigenvalue weighted by molar-refractivity contribution is -0.116. The third kappa shape index (κ3) is 4.01. The molecule has 0 aliphatic carbocycles. The number of carbonyl (C=O) groups excluding carboxylic acids is 2. The molecule has 0 atom stereocenters. The number of amides is 2. The third-order valence-corrected chi connectivity index (χ3v) is 4.43. The van der Waals surface area contributed by atoms with Gasteiger partial charge in [0.1, 0.15) is 5.69 Å². The van der Waals surface area contributed by atoms with Crippen molar-refractivity contribution in [3.8, 4) is 0 Å². The number of hydrogen-bond donors (Lipinski definition) is 2. The number of nitrogens with one attached hydrogen (secondary N) is 2. The van der Waals surface area contributed by atoms with Gasteiger partial charge in [-0.3, -0.25) is 14.6 Å². The molecule has 2 aromatic heterocycles. The number of para-hydroxylation sites is 1. The van der Waals surface area contributed by atoms with Crippen LogP contribution in [0.2, 0.25) is 0 Å². The summed E-state index contributed by atoms with van der Waals surface area (Å²) >= 11 is 0. The number of hydrogen-bond acceptors (Lipinski definition) is 6. The fraction of sp³-hybridized carbons (Fsp3) is 0.200. The molecule has 0 fully saturated rings. The number of anilines is 2. The molecule has 1 aliphatic rings. The van der Waals surface area contributed by atoms with Gasteiger partial charge in [0, 0.05) is 24.4 Å². The Labute approximate surface area is 161 Å². The Balaban J connectivity index is 1.39. The lowest BCUT2D eigenvalue weighted by atomic mass is 10.1. The molecule has 8 nitrogen and oxygen atoms in total. The summed E-state index contributed by atoms with van der Waals surface area (Å²) in [6.45, 7) is 1.88. The maximum atomic E-state index is 12.5. The SMILES string of the molecule is CC1(CCC(=O)Nc2ccc(C(=O)Nc3cccc4cccnc34)nc2)N=N1. The van der Waals surface area contributed by atoms with Gasteiger partial charge in [0.2, 0.25) is 5.91 Å². The molecule has 0 unspecified atom stereocenters. The summed E-state index contributed by atoms with van der Waals surface area (Å²) in [5.74, 6) is -0.486. The van der Waals surface area contributed by atoms with E-state index < -0.39 is 5.66 Å². The topological polar surface area (TPSA) is 109 Å². The molecule has 28 heavy (non-hydrogen) atoms. The highest BCUT2D eigenvalue weighted by Crippen LogP contribution is 2.32. The molecule has 0 saturated heterocycles. The average Bonchev–Trinajstić information content (AvgIpc) is 3.45. The predicted octanol–water partition coefficient (Wildman–Crippen LogP) is 3.78. The summed E-state index contributed by atoms with van der Waals surface area (Å²) in [6, 6.07) is 12.6. The van der Waals surface area contributed by atoms with E-state index in [1.54, 1.807) is 24.4 Å². The van der Waals surface area contributed by atoms with E-state index >= 15 is 0 Å². The van der Waals surface area contributed by atoms with E-state index in [0.29, 0.717) is 29.7 Å². The van der Waals surface area contributed by atoms with Crippen LogP contribution in [-0.2, 0) is 4.79 Å². The molecule has 0 saturated carbocycles. The fourth-order valence-electron chi connectivity index (χ4n) is 2.75. The van der Waals surface area contributed by atoms with Crippen molar-refractivity contribution in [1.29, 1.82) is 0 Å². The normalized spacial score (nSPS) is 13.9. The van der Waals surface area contributed by atoms with Crippen molar-refractivity contribution >= 4 is 34.1 Å². The highest BCUT2D eigenvalue weighted by atomic mass is 16.2. The number of fused-ring (bicyclic) bond motifs is 1. The third-order valence-electron chi connectivity index (χ3n) is 4.43. The van der Waals surface area contributed by atoms with E-state index in [4.69, 9.17) is 0 Å². The summed E-state index contributed by atoms with van der Waals surface area (Å²) in [4.78, 5) is 32.9. The van der Waals surface area contributed by atoms with Crippen LogP contribution in [0.15, 0.2) is 65.1 Å². The number of pyridine rings is 2. The molecule has 2 N–H and O–H groups in total. The minimum Gasteiger partial charge on any atom is -0.325 e. The van der Waals surface area contributed by atoms with Crippen molar-refractivity contribution in [2.75, 3.05) is 10.6 Å². The monoisotopic (exact) mass is 374 g/mol. The van der Waals surface area contributed by atoms with Crippen LogP contribution in [0.1, 0.15) is 30.3 Å². The van der Waals surface area contributed by atoms with E-state index in [0.717, 1.165) is 5.39 Å². The molecular formula is C20H18N6O2. The quantitative estimate of drug-likeness (QED) is 0.684. The maximum absolute atomic E-state index is 12.5. The van der Waals surface area contributed by atoms with Gasteiger partial charge in [0.15, 0.2) is 5.66 Å². The van der Waals surface area contributed by atoms with E-state index in [-0.39, 0.29) is 17.5 Å². The molecule has 1 aromatic carbocycles. The van der Waals surface area contributed by atoms with Crippen molar-refractivity contribution in [3.05, 3.63) is 60.6 Å². The van der Waals surface area contributed by atoms with Crippen LogP contribution < -0.4 is 10.6 Å². The molecule has 0 spiro atoms. The Morgan fingerprint density at radius 1 is 1.00 bits per heavy atom. The fourth-order valence-corrected chi connectivity index (χ4v) is 2.75. The van der Waals surface area contributed by atoms with E-state index in [9.17, 15) is 9.59 Å². The first-order valence-corrected chi connectivity index (χ1v) is 8.87. The van der Waals surface area contributed by atoms with Gasteiger partial charge >= 0.3 is 0 Å². The Morgan fingerprint density at radius 3 is 2.57 bits per heavy atom. The van der Waals surface area contributed by atoms with Gasteiger partial charge in [-0.15, -0.1) is 0 Å². The number of carbonyl (C=O) groups is 2. The molecule has 8 heteroatoms. The van der Waals surface area contributed by atoms with Crippen molar-refractivity contribution in [2.45, 2.75) is 25.4 Å². The first kappa shape index (κ1) is 17.7. The Kier molecular flexibility index (Phi) is 4.52. The summed E-state index contributed by atoms with van der Waals surface area (Å²) in [5, 5.41) is 14.3. The minimum absolute atomic E-state index is 0.139. The maximum Gasteiger partial charge on any atom is 0.274 e. The summed E-state index contributed by atoms with van der Waals surface area (Å²) in [5.41, 5.74) is 1.71. The number of rotatable bonds is 6. The molecule has 1 aliphatic heterocycles. The van der Waals surface area contributed by atoms with Crippen molar-refractivity contribution in [2.24, 2.45) is 10.2 Å². The first-order valence-electron chi connectivity index (χ1n) is 8.87. The van der Waals surface area contributed by atoms with Crippen LogP contribution in [0.3, 0.4) is 0 Å². The van der Waals surface area contributed by atoms with Gasteiger partial charge < -0.3 is 10.6 Å². The van der Waals surface area contributed by atoms with Gasteiger partial charge in [-0.25, -0.2) is 4.98 Å². The smallest absolute Gasteiger partial charge is 0.274 e. The largest absolute Gasteiger partial charge is 0.325 e. The number of aromatic nitrogens is 2. The van der Waals surface area contributed by atoms with Crippen LogP contribution >= 0.6 is 0 Å². The zero-order chi connectivity index (χ0) is 19.6. The summed E-state index contributed by atoms with van der Waals surface area (Å²) < 4.78 is 0. The zero-order valence-electron chi connectivity index (χ0n) is 15.2. The molecule has 3 heterocycles. The zero-order valence-corrected chi connectivity index (χ0v) is 15.2. The van der Waals surface area contributed by atoms with Crippen LogP contribution in [-0.4, -0.2) is 27.4 Å². The van der Waals surface area contributed by atoms with Gasteiger partial charge in [-0.1, -0.05) is 18.2 Å². The molecule has 3 aromatic rings. The Hall–Kier alpha value is -3.68. The highest BCUT2D eigenvalue weighted by Gasteiger charge is 2.33. The average molecular weight is 374 g/mol. The summed E-state index contributed by atoms with van der Waals surface area (Å²) in [7, 11) is 0. The Morgan fingerprint density at radius 2 is 1.82 bits per heavy atom. The lowest BCUT2D eigenvalue weighted by Crippen LogP contribution is -2.17. The standard InChI is InChI=1S/C20H18N6O2/c1-20(25-26-20)10-9-17(27)23-14-7-8-16(22-12-14)19(28)24-15-6-2-4-13-5-3-11-21-18(13)15/h2-8,11-12H,9-10H2,1H3,(H,23,27)(H,24,28). The number of benzene rings is 1. The van der Waals surface area contributed by atoms with Crippen molar-refractivity contribution in [3.63, 3.8) is 0 Å². The minimum atomic E-state index is -0.395. The first-order chi connectivity index (χ1) is 13.5. The molecular weight excluding hydrogens is 356 g/mol. The van der Waals surface area contributed by atoms with Crippen molar-refractivity contribution < 1.29 is 9.59 Å². The second kappa shape index (κ2) is 7.15. The van der Waals surface area contributed by atoms with Crippen molar-refractivity contribution in [1.82, 2.24) is 9.97 Å². The van der Waals surface area contributed by atoms with Gasteiger partial charge in [-0.2, -0.15) is 10.2 Å². The molecule has 4 rings (SSSR count). The number of nitrogens with zero attached hydrogens (tertiary/aromatic N) is 4. The van der Waals surface area contributed by atoms with Crippen LogP contribution in [0.5, 0.6) is 0 Å². The van der Waals surface area contributed by atoms with Crippen LogP contribution in [0.4, 0.5) is 11.4 Å². The Bertz CT molecular complexity index is 1070. The molecule has 0 bridgehead atoms. The molecule has 0 radical (unpaired) electrons. The van der Waals surface area contributed by atoms with Gasteiger partial charge in [0.25, 0.3) is 5.91 Å². The van der Waals surface area contributed by atoms with Gasteiger partial charge in [0.05, 0.1) is 23.1 Å².